The van der Waals surface area contributed by atoms with Gasteiger partial charge in [-0.25, -0.2) is 0 Å². The van der Waals surface area contributed by atoms with Crippen LogP contribution in [0.5, 0.6) is 0 Å². The molecule has 1 saturated carbocycles. The minimum absolute atomic E-state index is 0.0675. The maximum atomic E-state index is 13.7. The molecule has 0 unspecified atom stereocenters. The molecule has 1 aromatic carbocycles. The van der Waals surface area contributed by atoms with E-state index < -0.39 is 0 Å². The molecule has 2 aliphatic rings. The van der Waals surface area contributed by atoms with Crippen molar-refractivity contribution in [3.8, 4) is 0 Å². The summed E-state index contributed by atoms with van der Waals surface area (Å²) in [6.45, 7) is 3.47. The molecule has 3 aromatic rings. The molecule has 5 rings (SSSR count). The first-order valence-electron chi connectivity index (χ1n) is 13.1. The number of nitrogens with one attached hydrogen (secondary N) is 2. The largest absolute Gasteiger partial charge is 0.381 e. The van der Waals surface area contributed by atoms with Crippen LogP contribution in [0.25, 0.3) is 10.9 Å². The van der Waals surface area contributed by atoms with Gasteiger partial charge in [-0.3, -0.25) is 19.6 Å². The van der Waals surface area contributed by atoms with Gasteiger partial charge in [-0.15, -0.1) is 0 Å². The van der Waals surface area contributed by atoms with Gasteiger partial charge in [-0.2, -0.15) is 0 Å². The zero-order valence-electron chi connectivity index (χ0n) is 21.2. The lowest BCUT2D eigenvalue weighted by Gasteiger charge is -2.32. The Hall–Kier alpha value is -3.48. The molecule has 7 nitrogen and oxygen atoms in total. The van der Waals surface area contributed by atoms with Crippen LogP contribution in [0.1, 0.15) is 65.6 Å². The van der Waals surface area contributed by atoms with E-state index in [4.69, 9.17) is 0 Å². The van der Waals surface area contributed by atoms with Crippen LogP contribution in [0.3, 0.4) is 0 Å². The molecule has 2 fully saturated rings. The molecule has 2 N–H and O–H groups in total. The first-order valence-corrected chi connectivity index (χ1v) is 13.1. The highest BCUT2D eigenvalue weighted by Crippen LogP contribution is 2.31. The second-order valence-electron chi connectivity index (χ2n) is 10.3. The van der Waals surface area contributed by atoms with E-state index in [1.165, 1.54) is 18.4 Å². The van der Waals surface area contributed by atoms with Gasteiger partial charge < -0.3 is 15.2 Å². The first-order chi connectivity index (χ1) is 17.5. The number of carbonyl (C=O) groups excluding carboxylic acids is 1. The number of anilines is 1. The quantitative estimate of drug-likeness (QED) is 0.494. The molecule has 1 aliphatic carbocycles. The highest BCUT2D eigenvalue weighted by molar-refractivity contribution is 6.06. The molecule has 3 heterocycles. The minimum atomic E-state index is -0.164. The number of hydrogen-bond donors (Lipinski definition) is 2. The summed E-state index contributed by atoms with van der Waals surface area (Å²) >= 11 is 0. The predicted molar refractivity (Wildman–Crippen MR) is 145 cm³/mol. The number of H-pyrrole nitrogens is 1. The monoisotopic (exact) mass is 485 g/mol. The summed E-state index contributed by atoms with van der Waals surface area (Å²) in [5.74, 6) is 0.636. The summed E-state index contributed by atoms with van der Waals surface area (Å²) in [4.78, 5) is 39.9. The van der Waals surface area contributed by atoms with Gasteiger partial charge in [0.05, 0.1) is 16.8 Å². The average Bonchev–Trinajstić information content (AvgIpc) is 3.40. The minimum Gasteiger partial charge on any atom is -0.381 e. The third kappa shape index (κ3) is 5.06. The van der Waals surface area contributed by atoms with Crippen LogP contribution in [-0.4, -0.2) is 53.2 Å². The fourth-order valence-electron chi connectivity index (χ4n) is 5.74. The Kier molecular flexibility index (Phi) is 7.16. The average molecular weight is 486 g/mol. The van der Waals surface area contributed by atoms with Gasteiger partial charge in [0.15, 0.2) is 0 Å². The molecule has 0 radical (unpaired) electrons. The highest BCUT2D eigenvalue weighted by atomic mass is 16.2. The Labute approximate surface area is 212 Å². The second-order valence-corrected chi connectivity index (χ2v) is 10.3. The van der Waals surface area contributed by atoms with Crippen molar-refractivity contribution in [1.29, 1.82) is 0 Å². The number of hydrogen-bond acceptors (Lipinski definition) is 5. The third-order valence-corrected chi connectivity index (χ3v) is 7.74. The Morgan fingerprint density at radius 3 is 2.69 bits per heavy atom. The van der Waals surface area contributed by atoms with Gasteiger partial charge in [0.25, 0.3) is 11.5 Å². The molecular weight excluding hydrogens is 450 g/mol. The Balaban J connectivity index is 1.42. The zero-order valence-corrected chi connectivity index (χ0v) is 21.2. The lowest BCUT2D eigenvalue weighted by molar-refractivity contribution is 0.0690. The van der Waals surface area contributed by atoms with Gasteiger partial charge in [-0.05, 0) is 74.3 Å². The summed E-state index contributed by atoms with van der Waals surface area (Å²) in [5, 5.41) is 4.50. The van der Waals surface area contributed by atoms with Crippen LogP contribution >= 0.6 is 0 Å². The van der Waals surface area contributed by atoms with Crippen molar-refractivity contribution in [2.75, 3.05) is 25.5 Å². The number of nitrogens with zero attached hydrogens (tertiary/aromatic N) is 3. The van der Waals surface area contributed by atoms with Crippen LogP contribution < -0.4 is 10.9 Å². The fourth-order valence-corrected chi connectivity index (χ4v) is 5.74. The van der Waals surface area contributed by atoms with E-state index in [0.29, 0.717) is 23.1 Å². The standard InChI is InChI=1S/C29H35N5O2/c1-19-14-26-24(27(32-22-7-3-4-8-22)25(18-30-2)28(35)33-26)16-23(19)29(36)34-12-9-20(10-13-34)15-21-6-5-11-31-17-21/h5-6,11,14,16-18,20,22H,3-4,7-10,12-13,15H2,1-2H3,(H2,32,33,35)/b30-18-. The van der Waals surface area contributed by atoms with Gasteiger partial charge in [0.1, 0.15) is 0 Å². The van der Waals surface area contributed by atoms with E-state index in [1.807, 2.05) is 36.2 Å². The van der Waals surface area contributed by atoms with Crippen LogP contribution in [0, 0.1) is 12.8 Å². The molecule has 0 atom stereocenters. The third-order valence-electron chi connectivity index (χ3n) is 7.74. The smallest absolute Gasteiger partial charge is 0.259 e. The van der Waals surface area contributed by atoms with Crippen molar-refractivity contribution in [3.63, 3.8) is 0 Å². The van der Waals surface area contributed by atoms with E-state index in [9.17, 15) is 9.59 Å². The number of fused-ring (bicyclic) bond motifs is 1. The van der Waals surface area contributed by atoms with Crippen molar-refractivity contribution in [1.82, 2.24) is 14.9 Å². The molecule has 1 amide bonds. The second kappa shape index (κ2) is 10.6. The zero-order chi connectivity index (χ0) is 25.1. The molecule has 7 heteroatoms. The Morgan fingerprint density at radius 2 is 2.00 bits per heavy atom. The van der Waals surface area contributed by atoms with E-state index >= 15 is 0 Å². The van der Waals surface area contributed by atoms with Crippen molar-refractivity contribution in [2.24, 2.45) is 10.9 Å². The molecule has 0 bridgehead atoms. The van der Waals surface area contributed by atoms with Gasteiger partial charge >= 0.3 is 0 Å². The van der Waals surface area contributed by atoms with Crippen LogP contribution in [0.4, 0.5) is 5.69 Å². The topological polar surface area (TPSA) is 90.4 Å². The maximum absolute atomic E-state index is 13.7. The number of rotatable bonds is 6. The molecule has 188 valence electrons. The van der Waals surface area contributed by atoms with Crippen LogP contribution in [0.15, 0.2) is 46.4 Å². The Morgan fingerprint density at radius 1 is 1.22 bits per heavy atom. The van der Waals surface area contributed by atoms with Crippen molar-refractivity contribution >= 4 is 28.7 Å². The van der Waals surface area contributed by atoms with Crippen molar-refractivity contribution in [3.05, 3.63) is 69.3 Å². The molecule has 2 aromatic heterocycles. The van der Waals surface area contributed by atoms with E-state index in [-0.39, 0.29) is 11.5 Å². The highest BCUT2D eigenvalue weighted by Gasteiger charge is 2.26. The number of benzene rings is 1. The van der Waals surface area contributed by atoms with Gasteiger partial charge in [0.2, 0.25) is 0 Å². The number of aromatic nitrogens is 2. The predicted octanol–water partition coefficient (Wildman–Crippen LogP) is 4.73. The molecule has 1 aliphatic heterocycles. The summed E-state index contributed by atoms with van der Waals surface area (Å²) in [7, 11) is 1.67. The number of likely N-dealkylation sites (tertiary alicyclic amines) is 1. The number of piperidine rings is 1. The van der Waals surface area contributed by atoms with E-state index in [0.717, 1.165) is 67.3 Å². The number of aromatic amines is 1. The summed E-state index contributed by atoms with van der Waals surface area (Å²) < 4.78 is 0. The molecule has 1 saturated heterocycles. The number of carbonyl (C=O) groups is 1. The number of amides is 1. The number of pyridine rings is 2. The Bertz CT molecular complexity index is 1320. The first kappa shape index (κ1) is 24.2. The van der Waals surface area contributed by atoms with Crippen LogP contribution in [0.2, 0.25) is 0 Å². The molecule has 0 spiro atoms. The summed E-state index contributed by atoms with van der Waals surface area (Å²) in [5.41, 5.74) is 4.74. The SMILES string of the molecule is C/N=C\c1c(NC2CCCC2)c2cc(C(=O)N3CCC(Cc4cccnc4)CC3)c(C)cc2[nH]c1=O. The van der Waals surface area contributed by atoms with E-state index in [2.05, 4.69) is 26.3 Å². The molecule has 36 heavy (non-hydrogen) atoms. The van der Waals surface area contributed by atoms with Gasteiger partial charge in [-0.1, -0.05) is 18.9 Å². The lowest BCUT2D eigenvalue weighted by Crippen LogP contribution is -2.39. The number of aliphatic imine (C=N–C) groups is 1. The maximum Gasteiger partial charge on any atom is 0.259 e. The fraction of sp³-hybridized carbons (Fsp3) is 0.448. The van der Waals surface area contributed by atoms with Gasteiger partial charge in [0, 0.05) is 55.7 Å². The normalized spacial score (nSPS) is 17.3. The van der Waals surface area contributed by atoms with Crippen LogP contribution in [-0.2, 0) is 6.42 Å². The number of aryl methyl sites for hydroxylation is 1. The van der Waals surface area contributed by atoms with Crippen molar-refractivity contribution in [2.45, 2.75) is 57.9 Å². The summed E-state index contributed by atoms with van der Waals surface area (Å²) in [6, 6.07) is 8.35. The summed E-state index contributed by atoms with van der Waals surface area (Å²) in [6.07, 6.45) is 12.9. The van der Waals surface area contributed by atoms with Crippen molar-refractivity contribution < 1.29 is 4.79 Å². The lowest BCUT2D eigenvalue weighted by atomic mass is 9.90. The van der Waals surface area contributed by atoms with E-state index in [1.54, 1.807) is 19.5 Å². The molecular formula is C29H35N5O2.